The van der Waals surface area contributed by atoms with E-state index < -0.39 is 10.0 Å². The minimum Gasteiger partial charge on any atom is -0.378 e. The van der Waals surface area contributed by atoms with Crippen LogP contribution in [0.5, 0.6) is 0 Å². The number of aromatic nitrogens is 3. The van der Waals surface area contributed by atoms with Gasteiger partial charge in [-0.25, -0.2) is 23.5 Å². The Hall–Kier alpha value is -3.32. The average molecular weight is 512 g/mol. The minimum absolute atomic E-state index is 0.0544. The van der Waals surface area contributed by atoms with Crippen molar-refractivity contribution in [3.05, 3.63) is 54.9 Å². The summed E-state index contributed by atoms with van der Waals surface area (Å²) in [5, 5.41) is 9.01. The molecule has 5 rings (SSSR count). The van der Waals surface area contributed by atoms with Crippen molar-refractivity contribution in [3.8, 4) is 0 Å². The van der Waals surface area contributed by atoms with Gasteiger partial charge in [-0.05, 0) is 55.5 Å². The first-order chi connectivity index (χ1) is 16.9. The highest BCUT2D eigenvalue weighted by atomic mass is 32.2. The van der Waals surface area contributed by atoms with Crippen LogP contribution in [0.4, 0.5) is 28.0 Å². The summed E-state index contributed by atoms with van der Waals surface area (Å²) in [7, 11) is -3.74. The van der Waals surface area contributed by atoms with Crippen molar-refractivity contribution in [1.29, 1.82) is 0 Å². The van der Waals surface area contributed by atoms with Crippen LogP contribution in [0.1, 0.15) is 6.92 Å². The van der Waals surface area contributed by atoms with Crippen LogP contribution < -0.4 is 20.3 Å². The Kier molecular flexibility index (Phi) is 6.52. The summed E-state index contributed by atoms with van der Waals surface area (Å²) in [6.45, 7) is 6.09. The number of nitrogens with zero attached hydrogens (tertiary/aromatic N) is 5. The van der Waals surface area contributed by atoms with E-state index in [9.17, 15) is 8.42 Å². The highest BCUT2D eigenvalue weighted by Crippen LogP contribution is 2.36. The standard InChI is InChI=1S/C23H25N7O3S2/c1-2-30(18-7-5-17(6-8-18)29-11-13-33-14-12-29)22-20-21(25-15-26-22)28-23(34-20)27-16-3-9-19(10-4-16)35(24,31)32/h3-10,15H,2,11-14H2,1H3,(H2,24,31,32)(H,25,26,27,28). The Balaban J connectivity index is 1.40. The van der Waals surface area contributed by atoms with E-state index in [0.717, 1.165) is 49.1 Å². The highest BCUT2D eigenvalue weighted by molar-refractivity contribution is 7.89. The molecule has 0 unspecified atom stereocenters. The van der Waals surface area contributed by atoms with E-state index in [1.54, 1.807) is 12.1 Å². The number of ether oxygens (including phenoxy) is 1. The van der Waals surface area contributed by atoms with Gasteiger partial charge in [0.25, 0.3) is 0 Å². The lowest BCUT2D eigenvalue weighted by atomic mass is 10.2. The molecule has 0 spiro atoms. The minimum atomic E-state index is -3.74. The number of morpholine rings is 1. The third-order valence-corrected chi connectivity index (χ3v) is 7.60. The molecule has 3 heterocycles. The van der Waals surface area contributed by atoms with Crippen molar-refractivity contribution in [2.75, 3.05) is 48.0 Å². The second-order valence-electron chi connectivity index (χ2n) is 7.92. The molecule has 1 fully saturated rings. The van der Waals surface area contributed by atoms with E-state index in [4.69, 9.17) is 9.88 Å². The fraction of sp³-hybridized carbons (Fsp3) is 0.261. The highest BCUT2D eigenvalue weighted by Gasteiger charge is 2.18. The molecule has 0 amide bonds. The van der Waals surface area contributed by atoms with Crippen molar-refractivity contribution >= 4 is 59.7 Å². The average Bonchev–Trinajstić information content (AvgIpc) is 3.28. The molecule has 10 nitrogen and oxygen atoms in total. The van der Waals surface area contributed by atoms with Gasteiger partial charge in [0.15, 0.2) is 16.6 Å². The lowest BCUT2D eigenvalue weighted by molar-refractivity contribution is 0.122. The number of anilines is 5. The third kappa shape index (κ3) is 5.05. The maximum atomic E-state index is 11.5. The smallest absolute Gasteiger partial charge is 0.238 e. The molecule has 1 saturated heterocycles. The number of thiazole rings is 1. The molecule has 0 bridgehead atoms. The molecule has 0 atom stereocenters. The first kappa shape index (κ1) is 23.4. The summed E-state index contributed by atoms with van der Waals surface area (Å²) >= 11 is 1.44. The van der Waals surface area contributed by atoms with Crippen LogP contribution in [0.25, 0.3) is 10.3 Å². The fourth-order valence-electron chi connectivity index (χ4n) is 3.96. The quantitative estimate of drug-likeness (QED) is 0.383. The molecule has 0 aliphatic carbocycles. The molecule has 1 aliphatic rings. The van der Waals surface area contributed by atoms with Crippen LogP contribution in [0.2, 0.25) is 0 Å². The normalized spacial score (nSPS) is 14.3. The molecule has 12 heteroatoms. The largest absolute Gasteiger partial charge is 0.378 e. The topological polar surface area (TPSA) is 127 Å². The predicted octanol–water partition coefficient (Wildman–Crippen LogP) is 3.47. The van der Waals surface area contributed by atoms with Crippen molar-refractivity contribution in [2.45, 2.75) is 11.8 Å². The number of hydrogen-bond acceptors (Lipinski definition) is 10. The number of fused-ring (bicyclic) bond motifs is 1. The Bertz CT molecular complexity index is 1420. The number of hydrogen-bond donors (Lipinski definition) is 2. The van der Waals surface area contributed by atoms with Crippen LogP contribution >= 0.6 is 11.3 Å². The SMILES string of the molecule is CCN(c1ccc(N2CCOCC2)cc1)c1ncnc2nc(Nc3ccc(S(N)(=O)=O)cc3)sc12. The van der Waals surface area contributed by atoms with Gasteiger partial charge in [-0.3, -0.25) is 0 Å². The Morgan fingerprint density at radius 3 is 2.46 bits per heavy atom. The Morgan fingerprint density at radius 2 is 1.80 bits per heavy atom. The number of benzene rings is 2. The predicted molar refractivity (Wildman–Crippen MR) is 138 cm³/mol. The van der Waals surface area contributed by atoms with Crippen molar-refractivity contribution in [2.24, 2.45) is 5.14 Å². The van der Waals surface area contributed by atoms with Gasteiger partial charge in [-0.2, -0.15) is 4.98 Å². The van der Waals surface area contributed by atoms with E-state index in [-0.39, 0.29) is 4.90 Å². The number of nitrogens with two attached hydrogens (primary N) is 1. The zero-order valence-electron chi connectivity index (χ0n) is 19.1. The number of sulfonamides is 1. The Labute approximate surface area is 207 Å². The van der Waals surface area contributed by atoms with Crippen molar-refractivity contribution in [1.82, 2.24) is 15.0 Å². The molecule has 2 aromatic carbocycles. The first-order valence-electron chi connectivity index (χ1n) is 11.1. The van der Waals surface area contributed by atoms with E-state index in [2.05, 4.69) is 61.3 Å². The summed E-state index contributed by atoms with van der Waals surface area (Å²) in [5.41, 5.74) is 3.49. The Morgan fingerprint density at radius 1 is 1.09 bits per heavy atom. The van der Waals surface area contributed by atoms with Gasteiger partial charge in [0, 0.05) is 36.7 Å². The van der Waals surface area contributed by atoms with Gasteiger partial charge in [-0.15, -0.1) is 0 Å². The van der Waals surface area contributed by atoms with Crippen molar-refractivity contribution < 1.29 is 13.2 Å². The van der Waals surface area contributed by atoms with Crippen LogP contribution in [0.15, 0.2) is 59.8 Å². The lowest BCUT2D eigenvalue weighted by Gasteiger charge is -2.29. The van der Waals surface area contributed by atoms with Gasteiger partial charge in [-0.1, -0.05) is 11.3 Å². The summed E-state index contributed by atoms with van der Waals surface area (Å²) in [5.74, 6) is 0.784. The molecule has 0 saturated carbocycles. The van der Waals surface area contributed by atoms with Gasteiger partial charge in [0.2, 0.25) is 10.0 Å². The van der Waals surface area contributed by atoms with Gasteiger partial charge in [0.05, 0.1) is 18.1 Å². The van der Waals surface area contributed by atoms with Crippen LogP contribution in [-0.4, -0.2) is 56.2 Å². The molecule has 0 radical (unpaired) electrons. The van der Waals surface area contributed by atoms with Crippen LogP contribution in [0, 0.1) is 0 Å². The number of nitrogens with one attached hydrogen (secondary N) is 1. The van der Waals surface area contributed by atoms with Gasteiger partial charge in [0.1, 0.15) is 11.0 Å². The summed E-state index contributed by atoms with van der Waals surface area (Å²) in [6, 6.07) is 14.7. The molecular formula is C23H25N7O3S2. The first-order valence-corrected chi connectivity index (χ1v) is 13.5. The zero-order chi connectivity index (χ0) is 24.4. The van der Waals surface area contributed by atoms with Crippen molar-refractivity contribution in [3.63, 3.8) is 0 Å². The molecule has 4 aromatic rings. The molecular weight excluding hydrogens is 486 g/mol. The van der Waals surface area contributed by atoms with Gasteiger partial charge < -0.3 is 19.9 Å². The molecule has 2 aromatic heterocycles. The van der Waals surface area contributed by atoms with E-state index in [1.165, 1.54) is 35.5 Å². The van der Waals surface area contributed by atoms with Gasteiger partial charge >= 0.3 is 0 Å². The van der Waals surface area contributed by atoms with Crippen LogP contribution in [0.3, 0.4) is 0 Å². The molecule has 1 aliphatic heterocycles. The maximum absolute atomic E-state index is 11.5. The monoisotopic (exact) mass is 511 g/mol. The fourth-order valence-corrected chi connectivity index (χ4v) is 5.41. The summed E-state index contributed by atoms with van der Waals surface area (Å²) in [4.78, 5) is 18.0. The number of primary sulfonamides is 1. The molecule has 3 N–H and O–H groups in total. The second-order valence-corrected chi connectivity index (χ2v) is 10.5. The molecule has 35 heavy (non-hydrogen) atoms. The maximum Gasteiger partial charge on any atom is 0.238 e. The lowest BCUT2D eigenvalue weighted by Crippen LogP contribution is -2.36. The summed E-state index contributed by atoms with van der Waals surface area (Å²) in [6.07, 6.45) is 1.52. The van der Waals surface area contributed by atoms with E-state index >= 15 is 0 Å². The summed E-state index contributed by atoms with van der Waals surface area (Å²) < 4.78 is 29.3. The second kappa shape index (κ2) is 9.74. The zero-order valence-corrected chi connectivity index (χ0v) is 20.7. The van der Waals surface area contributed by atoms with E-state index in [1.807, 2.05) is 0 Å². The molecule has 182 valence electrons. The number of rotatable bonds is 7. The van der Waals surface area contributed by atoms with Crippen LogP contribution in [-0.2, 0) is 14.8 Å². The van der Waals surface area contributed by atoms with E-state index in [0.29, 0.717) is 16.5 Å². The third-order valence-electron chi connectivity index (χ3n) is 5.72.